The number of amides is 1. The van der Waals surface area contributed by atoms with Crippen molar-refractivity contribution in [3.8, 4) is 0 Å². The van der Waals surface area contributed by atoms with Gasteiger partial charge in [0.15, 0.2) is 0 Å². The summed E-state index contributed by atoms with van der Waals surface area (Å²) in [6, 6.07) is 2.19. The molecule has 1 aromatic rings. The predicted octanol–water partition coefficient (Wildman–Crippen LogP) is -0.146. The van der Waals surface area contributed by atoms with Crippen molar-refractivity contribution in [2.75, 3.05) is 20.1 Å². The molecule has 2 rings (SSSR count). The molecule has 1 N–H and O–H groups in total. The number of carbonyl (C=O) groups excluding carboxylic acids is 1. The van der Waals surface area contributed by atoms with Gasteiger partial charge in [0.1, 0.15) is 5.69 Å². The Kier molecular flexibility index (Phi) is 2.73. The zero-order valence-electron chi connectivity index (χ0n) is 9.10. The lowest BCUT2D eigenvalue weighted by Crippen LogP contribution is -2.33. The minimum Gasteiger partial charge on any atom is -0.336 e. The molecular formula is C10H16N4O. The molecular weight excluding hydrogens is 192 g/mol. The SMILES string of the molecule is CNC1CCN(C(=O)c2ccn(C)n2)C1. The Morgan fingerprint density at radius 2 is 2.47 bits per heavy atom. The van der Waals surface area contributed by atoms with E-state index in [1.807, 2.05) is 19.0 Å². The Bertz CT molecular complexity index is 360. The second-order valence-corrected chi connectivity index (χ2v) is 3.90. The molecule has 5 nitrogen and oxygen atoms in total. The van der Waals surface area contributed by atoms with E-state index in [4.69, 9.17) is 0 Å². The largest absolute Gasteiger partial charge is 0.336 e. The quantitative estimate of drug-likeness (QED) is 0.735. The van der Waals surface area contributed by atoms with Crippen LogP contribution in [0.15, 0.2) is 12.3 Å². The van der Waals surface area contributed by atoms with Gasteiger partial charge in [-0.1, -0.05) is 0 Å². The van der Waals surface area contributed by atoms with E-state index in [1.54, 1.807) is 16.9 Å². The molecule has 0 bridgehead atoms. The van der Waals surface area contributed by atoms with Crippen molar-refractivity contribution in [1.29, 1.82) is 0 Å². The standard InChI is InChI=1S/C10H16N4O/c1-11-8-3-6-14(7-8)10(15)9-4-5-13(2)12-9/h4-5,8,11H,3,6-7H2,1-2H3. The van der Waals surface area contributed by atoms with Crippen LogP contribution in [0.5, 0.6) is 0 Å². The summed E-state index contributed by atoms with van der Waals surface area (Å²) in [6.45, 7) is 1.60. The summed E-state index contributed by atoms with van der Waals surface area (Å²) in [5, 5.41) is 7.30. The smallest absolute Gasteiger partial charge is 0.274 e. The maximum atomic E-state index is 11.9. The molecule has 0 radical (unpaired) electrons. The van der Waals surface area contributed by atoms with E-state index >= 15 is 0 Å². The molecule has 1 aromatic heterocycles. The Morgan fingerprint density at radius 1 is 1.67 bits per heavy atom. The number of hydrogen-bond acceptors (Lipinski definition) is 3. The highest BCUT2D eigenvalue weighted by molar-refractivity contribution is 5.92. The molecule has 1 amide bonds. The summed E-state index contributed by atoms with van der Waals surface area (Å²) in [6.07, 6.45) is 2.81. The molecule has 1 saturated heterocycles. The summed E-state index contributed by atoms with van der Waals surface area (Å²) in [5.41, 5.74) is 0.536. The third-order valence-corrected chi connectivity index (χ3v) is 2.82. The summed E-state index contributed by atoms with van der Waals surface area (Å²) in [5.74, 6) is 0.0355. The van der Waals surface area contributed by atoms with Crippen LogP contribution in [0.25, 0.3) is 0 Å². The number of nitrogens with one attached hydrogen (secondary N) is 1. The molecule has 15 heavy (non-hydrogen) atoms. The zero-order chi connectivity index (χ0) is 10.8. The third kappa shape index (κ3) is 2.02. The Morgan fingerprint density at radius 3 is 3.00 bits per heavy atom. The van der Waals surface area contributed by atoms with E-state index in [0.717, 1.165) is 19.5 Å². The van der Waals surface area contributed by atoms with Crippen molar-refractivity contribution < 1.29 is 4.79 Å². The molecule has 1 unspecified atom stereocenters. The summed E-state index contributed by atoms with van der Waals surface area (Å²) in [7, 11) is 3.75. The summed E-state index contributed by atoms with van der Waals surface area (Å²) in [4.78, 5) is 13.8. The first-order valence-electron chi connectivity index (χ1n) is 5.17. The van der Waals surface area contributed by atoms with Crippen molar-refractivity contribution in [3.63, 3.8) is 0 Å². The average Bonchev–Trinajstić information content (AvgIpc) is 2.84. The summed E-state index contributed by atoms with van der Waals surface area (Å²) < 4.78 is 1.65. The van der Waals surface area contributed by atoms with Gasteiger partial charge >= 0.3 is 0 Å². The highest BCUT2D eigenvalue weighted by Crippen LogP contribution is 2.12. The Labute approximate surface area is 89.1 Å². The van der Waals surface area contributed by atoms with Gasteiger partial charge in [-0.3, -0.25) is 9.48 Å². The molecule has 0 aromatic carbocycles. The van der Waals surface area contributed by atoms with Crippen LogP contribution in [-0.2, 0) is 7.05 Å². The van der Waals surface area contributed by atoms with Crippen LogP contribution in [0.4, 0.5) is 0 Å². The van der Waals surface area contributed by atoms with Gasteiger partial charge in [0.25, 0.3) is 5.91 Å². The van der Waals surface area contributed by atoms with Gasteiger partial charge in [0, 0.05) is 32.4 Å². The van der Waals surface area contributed by atoms with E-state index in [0.29, 0.717) is 11.7 Å². The van der Waals surface area contributed by atoms with Crippen LogP contribution in [0.3, 0.4) is 0 Å². The van der Waals surface area contributed by atoms with Crippen LogP contribution in [0.1, 0.15) is 16.9 Å². The first-order valence-corrected chi connectivity index (χ1v) is 5.17. The van der Waals surface area contributed by atoms with Crippen molar-refractivity contribution >= 4 is 5.91 Å². The number of likely N-dealkylation sites (tertiary alicyclic amines) is 1. The number of likely N-dealkylation sites (N-methyl/N-ethyl adjacent to an activating group) is 1. The first kappa shape index (κ1) is 10.2. The fraction of sp³-hybridized carbons (Fsp3) is 0.600. The minimum absolute atomic E-state index is 0.0355. The maximum absolute atomic E-state index is 11.9. The van der Waals surface area contributed by atoms with Gasteiger partial charge in [0.2, 0.25) is 0 Å². The van der Waals surface area contributed by atoms with E-state index in [9.17, 15) is 4.79 Å². The van der Waals surface area contributed by atoms with Crippen molar-refractivity contribution in [2.24, 2.45) is 7.05 Å². The normalized spacial score (nSPS) is 20.9. The molecule has 1 aliphatic rings. The molecule has 0 saturated carbocycles. The van der Waals surface area contributed by atoms with Crippen LogP contribution in [-0.4, -0.2) is 46.8 Å². The molecule has 0 aliphatic carbocycles. The fourth-order valence-corrected chi connectivity index (χ4v) is 1.87. The van der Waals surface area contributed by atoms with Gasteiger partial charge < -0.3 is 10.2 Å². The molecule has 5 heteroatoms. The zero-order valence-corrected chi connectivity index (χ0v) is 9.10. The molecule has 1 fully saturated rings. The lowest BCUT2D eigenvalue weighted by Gasteiger charge is -2.14. The lowest BCUT2D eigenvalue weighted by atomic mass is 10.3. The van der Waals surface area contributed by atoms with Gasteiger partial charge in [-0.25, -0.2) is 0 Å². The molecule has 1 aliphatic heterocycles. The number of carbonyl (C=O) groups is 1. The van der Waals surface area contributed by atoms with Gasteiger partial charge in [-0.15, -0.1) is 0 Å². The second kappa shape index (κ2) is 4.02. The van der Waals surface area contributed by atoms with Crippen LogP contribution in [0, 0.1) is 0 Å². The number of nitrogens with zero attached hydrogens (tertiary/aromatic N) is 3. The molecule has 82 valence electrons. The Balaban J connectivity index is 2.03. The molecule has 1 atom stereocenters. The van der Waals surface area contributed by atoms with Crippen LogP contribution >= 0.6 is 0 Å². The van der Waals surface area contributed by atoms with E-state index in [2.05, 4.69) is 10.4 Å². The minimum atomic E-state index is 0.0355. The topological polar surface area (TPSA) is 50.2 Å². The highest BCUT2D eigenvalue weighted by atomic mass is 16.2. The van der Waals surface area contributed by atoms with Gasteiger partial charge in [-0.2, -0.15) is 5.10 Å². The maximum Gasteiger partial charge on any atom is 0.274 e. The van der Waals surface area contributed by atoms with Crippen LogP contribution < -0.4 is 5.32 Å². The number of hydrogen-bond donors (Lipinski definition) is 1. The molecule has 0 spiro atoms. The van der Waals surface area contributed by atoms with Crippen molar-refractivity contribution in [3.05, 3.63) is 18.0 Å². The van der Waals surface area contributed by atoms with E-state index in [-0.39, 0.29) is 5.91 Å². The van der Waals surface area contributed by atoms with E-state index in [1.165, 1.54) is 0 Å². The number of rotatable bonds is 2. The number of aromatic nitrogens is 2. The summed E-state index contributed by atoms with van der Waals surface area (Å²) >= 11 is 0. The lowest BCUT2D eigenvalue weighted by molar-refractivity contribution is 0.0783. The monoisotopic (exact) mass is 208 g/mol. The third-order valence-electron chi connectivity index (χ3n) is 2.82. The predicted molar refractivity (Wildman–Crippen MR) is 56.6 cm³/mol. The van der Waals surface area contributed by atoms with E-state index < -0.39 is 0 Å². The van der Waals surface area contributed by atoms with Crippen molar-refractivity contribution in [2.45, 2.75) is 12.5 Å². The molecule has 2 heterocycles. The van der Waals surface area contributed by atoms with Crippen molar-refractivity contribution in [1.82, 2.24) is 20.0 Å². The van der Waals surface area contributed by atoms with Gasteiger partial charge in [0.05, 0.1) is 0 Å². The van der Waals surface area contributed by atoms with Gasteiger partial charge in [-0.05, 0) is 19.5 Å². The van der Waals surface area contributed by atoms with Crippen LogP contribution in [0.2, 0.25) is 0 Å². The number of aryl methyl sites for hydroxylation is 1. The highest BCUT2D eigenvalue weighted by Gasteiger charge is 2.26. The average molecular weight is 208 g/mol. The second-order valence-electron chi connectivity index (χ2n) is 3.90. The Hall–Kier alpha value is -1.36. The first-order chi connectivity index (χ1) is 7.20. The fourth-order valence-electron chi connectivity index (χ4n) is 1.87.